The smallest absolute Gasteiger partial charge is 0.319 e. The fraction of sp³-hybridized carbons (Fsp3) is 0.267. The Bertz CT molecular complexity index is 787. The summed E-state index contributed by atoms with van der Waals surface area (Å²) in [5.41, 5.74) is 0.715. The molecule has 0 N–H and O–H groups in total. The van der Waals surface area contributed by atoms with E-state index in [0.717, 1.165) is 0 Å². The summed E-state index contributed by atoms with van der Waals surface area (Å²) in [7, 11) is 0. The summed E-state index contributed by atoms with van der Waals surface area (Å²) < 4.78 is 6.79. The van der Waals surface area contributed by atoms with Crippen molar-refractivity contribution in [2.24, 2.45) is 0 Å². The lowest BCUT2D eigenvalue weighted by atomic mass is 10.2. The van der Waals surface area contributed by atoms with Gasteiger partial charge in [-0.3, -0.25) is 19.5 Å². The largest absolute Gasteiger partial charge is 0.465 e. The highest BCUT2D eigenvalue weighted by molar-refractivity contribution is 8.00. The number of ether oxygens (including phenoxy) is 1. The van der Waals surface area contributed by atoms with Crippen LogP contribution < -0.4 is 0 Å². The van der Waals surface area contributed by atoms with Gasteiger partial charge in [-0.1, -0.05) is 17.8 Å². The molecule has 1 saturated heterocycles. The molecule has 9 heteroatoms. The van der Waals surface area contributed by atoms with Crippen molar-refractivity contribution in [3.8, 4) is 11.4 Å². The predicted molar refractivity (Wildman–Crippen MR) is 87.5 cm³/mol. The Morgan fingerprint density at radius 2 is 2.17 bits per heavy atom. The molecule has 0 saturated carbocycles. The Balaban J connectivity index is 1.91. The average molecular weight is 346 g/mol. The minimum absolute atomic E-state index is 0.0110. The summed E-state index contributed by atoms with van der Waals surface area (Å²) in [6, 6.07) is 6.09. The molecule has 2 aromatic rings. The van der Waals surface area contributed by atoms with Gasteiger partial charge in [0.05, 0.1) is 11.5 Å². The fourth-order valence-electron chi connectivity index (χ4n) is 2.33. The van der Waals surface area contributed by atoms with Crippen molar-refractivity contribution in [3.05, 3.63) is 47.0 Å². The highest BCUT2D eigenvalue weighted by Gasteiger charge is 2.30. The highest BCUT2D eigenvalue weighted by atomic mass is 32.2. The summed E-state index contributed by atoms with van der Waals surface area (Å²) in [5, 5.41) is 19.4. The molecule has 124 valence electrons. The van der Waals surface area contributed by atoms with Crippen LogP contribution >= 0.6 is 11.8 Å². The van der Waals surface area contributed by atoms with Crippen LogP contribution in [0.1, 0.15) is 6.42 Å². The summed E-state index contributed by atoms with van der Waals surface area (Å²) in [6.45, 7) is 4.61. The minimum Gasteiger partial charge on any atom is -0.465 e. The van der Waals surface area contributed by atoms with Crippen molar-refractivity contribution in [2.45, 2.75) is 23.4 Å². The first-order valence-corrected chi connectivity index (χ1v) is 8.10. The molecule has 1 aliphatic rings. The van der Waals surface area contributed by atoms with Crippen LogP contribution in [-0.2, 0) is 16.1 Å². The molecule has 1 fully saturated rings. The van der Waals surface area contributed by atoms with Crippen molar-refractivity contribution < 1.29 is 14.5 Å². The quantitative estimate of drug-likeness (QED) is 0.343. The molecule has 1 aromatic carbocycles. The second kappa shape index (κ2) is 6.83. The van der Waals surface area contributed by atoms with E-state index in [1.54, 1.807) is 18.2 Å². The Morgan fingerprint density at radius 1 is 1.42 bits per heavy atom. The van der Waals surface area contributed by atoms with Gasteiger partial charge >= 0.3 is 5.97 Å². The first kappa shape index (κ1) is 16.2. The van der Waals surface area contributed by atoms with Crippen LogP contribution in [0.2, 0.25) is 0 Å². The Morgan fingerprint density at radius 3 is 2.75 bits per heavy atom. The average Bonchev–Trinajstić information content (AvgIpc) is 3.16. The van der Waals surface area contributed by atoms with Gasteiger partial charge in [0.1, 0.15) is 5.25 Å². The van der Waals surface area contributed by atoms with Gasteiger partial charge in [0.15, 0.2) is 11.0 Å². The molecule has 0 aliphatic carbocycles. The number of carbonyl (C=O) groups excluding carboxylic acids is 1. The number of thioether (sulfide) groups is 1. The predicted octanol–water partition coefficient (Wildman–Crippen LogP) is 2.45. The zero-order chi connectivity index (χ0) is 17.1. The van der Waals surface area contributed by atoms with E-state index < -0.39 is 4.92 Å². The molecule has 0 radical (unpaired) electrons. The molecular formula is C15H14N4O4S. The maximum atomic E-state index is 11.6. The van der Waals surface area contributed by atoms with E-state index in [1.165, 1.54) is 23.9 Å². The number of benzene rings is 1. The van der Waals surface area contributed by atoms with Crippen LogP contribution in [0.3, 0.4) is 0 Å². The zero-order valence-corrected chi connectivity index (χ0v) is 13.4. The second-order valence-electron chi connectivity index (χ2n) is 5.07. The van der Waals surface area contributed by atoms with Crippen molar-refractivity contribution in [1.29, 1.82) is 0 Å². The number of hydrogen-bond donors (Lipinski definition) is 0. The monoisotopic (exact) mass is 346 g/mol. The number of cyclic esters (lactones) is 1. The SMILES string of the molecule is C=CCn1c(S[C@H]2CCOC2=O)nnc1-c1ccc([N+](=O)[O-])cc1. The zero-order valence-electron chi connectivity index (χ0n) is 12.6. The van der Waals surface area contributed by atoms with Gasteiger partial charge in [0.2, 0.25) is 0 Å². The van der Waals surface area contributed by atoms with Crippen LogP contribution in [-0.4, -0.2) is 37.5 Å². The van der Waals surface area contributed by atoms with E-state index in [0.29, 0.717) is 36.1 Å². The lowest BCUT2D eigenvalue weighted by molar-refractivity contribution is -0.384. The number of nitrogens with zero attached hydrogens (tertiary/aromatic N) is 4. The molecule has 0 spiro atoms. The Kier molecular flexibility index (Phi) is 4.61. The molecule has 1 aliphatic heterocycles. The number of carbonyl (C=O) groups is 1. The summed E-state index contributed by atoms with van der Waals surface area (Å²) in [5.74, 6) is 0.323. The maximum absolute atomic E-state index is 11.6. The molecule has 1 atom stereocenters. The first-order valence-electron chi connectivity index (χ1n) is 7.22. The number of nitro benzene ring substituents is 1. The normalized spacial score (nSPS) is 16.8. The number of nitro groups is 1. The van der Waals surface area contributed by atoms with E-state index in [4.69, 9.17) is 4.74 Å². The van der Waals surface area contributed by atoms with E-state index in [2.05, 4.69) is 16.8 Å². The Labute approximate surface area is 141 Å². The minimum atomic E-state index is -0.453. The highest BCUT2D eigenvalue weighted by Crippen LogP contribution is 2.31. The third kappa shape index (κ3) is 3.16. The van der Waals surface area contributed by atoms with Gasteiger partial charge in [-0.25, -0.2) is 0 Å². The van der Waals surface area contributed by atoms with Crippen LogP contribution in [0.15, 0.2) is 42.1 Å². The molecule has 1 aromatic heterocycles. The standard InChI is InChI=1S/C15H14N4O4S/c1-2-8-18-13(10-3-5-11(6-4-10)19(21)22)16-17-15(18)24-12-7-9-23-14(12)20/h2-6,12H,1,7-9H2/t12-/m0/s1. The third-order valence-corrected chi connectivity index (χ3v) is 4.73. The summed E-state index contributed by atoms with van der Waals surface area (Å²) >= 11 is 1.31. The molecule has 24 heavy (non-hydrogen) atoms. The van der Waals surface area contributed by atoms with E-state index in [-0.39, 0.29) is 16.9 Å². The topological polar surface area (TPSA) is 100 Å². The molecule has 0 amide bonds. The fourth-order valence-corrected chi connectivity index (χ4v) is 3.34. The van der Waals surface area contributed by atoms with Gasteiger partial charge in [0, 0.05) is 30.7 Å². The Hall–Kier alpha value is -2.68. The lowest BCUT2D eigenvalue weighted by Gasteiger charge is -2.09. The van der Waals surface area contributed by atoms with Crippen LogP contribution in [0.5, 0.6) is 0 Å². The molecule has 8 nitrogen and oxygen atoms in total. The first-order chi connectivity index (χ1) is 11.6. The second-order valence-corrected chi connectivity index (χ2v) is 6.24. The van der Waals surface area contributed by atoms with Crippen molar-refractivity contribution in [2.75, 3.05) is 6.61 Å². The van der Waals surface area contributed by atoms with Crippen LogP contribution in [0.25, 0.3) is 11.4 Å². The van der Waals surface area contributed by atoms with E-state index in [9.17, 15) is 14.9 Å². The number of esters is 1. The molecule has 0 bridgehead atoms. The van der Waals surface area contributed by atoms with Crippen LogP contribution in [0.4, 0.5) is 5.69 Å². The van der Waals surface area contributed by atoms with E-state index in [1.807, 2.05) is 4.57 Å². The van der Waals surface area contributed by atoms with Crippen molar-refractivity contribution in [1.82, 2.24) is 14.8 Å². The van der Waals surface area contributed by atoms with Crippen molar-refractivity contribution >= 4 is 23.4 Å². The number of non-ortho nitro benzene ring substituents is 1. The summed E-state index contributed by atoms with van der Waals surface area (Å²) in [4.78, 5) is 21.9. The number of hydrogen-bond acceptors (Lipinski definition) is 7. The van der Waals surface area contributed by atoms with Crippen molar-refractivity contribution in [3.63, 3.8) is 0 Å². The van der Waals surface area contributed by atoms with Gasteiger partial charge in [-0.05, 0) is 12.1 Å². The lowest BCUT2D eigenvalue weighted by Crippen LogP contribution is -2.11. The van der Waals surface area contributed by atoms with Gasteiger partial charge < -0.3 is 4.74 Å². The molecule has 3 rings (SSSR count). The van der Waals surface area contributed by atoms with E-state index >= 15 is 0 Å². The van der Waals surface area contributed by atoms with Gasteiger partial charge in [0.25, 0.3) is 5.69 Å². The number of aromatic nitrogens is 3. The molecule has 0 unspecified atom stereocenters. The maximum Gasteiger partial charge on any atom is 0.319 e. The van der Waals surface area contributed by atoms with Gasteiger partial charge in [-0.15, -0.1) is 16.8 Å². The summed E-state index contributed by atoms with van der Waals surface area (Å²) in [6.07, 6.45) is 2.34. The van der Waals surface area contributed by atoms with Gasteiger partial charge in [-0.2, -0.15) is 0 Å². The molecular weight excluding hydrogens is 332 g/mol. The third-order valence-electron chi connectivity index (χ3n) is 3.50. The van der Waals surface area contributed by atoms with Crippen LogP contribution in [0, 0.1) is 10.1 Å². The molecule has 2 heterocycles. The number of rotatable bonds is 6. The number of allylic oxidation sites excluding steroid dienone is 1.